The van der Waals surface area contributed by atoms with Gasteiger partial charge in [0.05, 0.1) is 19.1 Å². The molecular weight excluding hydrogens is 320 g/mol. The number of carbonyl (C=O) groups is 1. The van der Waals surface area contributed by atoms with Gasteiger partial charge in [0.1, 0.15) is 11.3 Å². The van der Waals surface area contributed by atoms with Crippen LogP contribution in [0.5, 0.6) is 5.75 Å². The SMILES string of the molecule is CNCCNS(=O)(=O)c1ccc(OC)c(C(=O)OC)c1.Cl. The van der Waals surface area contributed by atoms with Gasteiger partial charge < -0.3 is 14.8 Å². The van der Waals surface area contributed by atoms with Crippen LogP contribution in [-0.2, 0) is 14.8 Å². The molecule has 0 saturated carbocycles. The predicted octanol–water partition coefficient (Wildman–Crippen LogP) is 0.401. The van der Waals surface area contributed by atoms with E-state index in [-0.39, 0.29) is 35.2 Å². The molecule has 120 valence electrons. The van der Waals surface area contributed by atoms with Crippen LogP contribution in [0, 0.1) is 0 Å². The van der Waals surface area contributed by atoms with Crippen LogP contribution < -0.4 is 14.8 Å². The van der Waals surface area contributed by atoms with E-state index in [0.29, 0.717) is 6.54 Å². The van der Waals surface area contributed by atoms with Crippen molar-refractivity contribution < 1.29 is 22.7 Å². The Morgan fingerprint density at radius 3 is 2.43 bits per heavy atom. The molecule has 1 aromatic carbocycles. The molecule has 0 amide bonds. The first-order valence-electron chi connectivity index (χ1n) is 5.87. The first-order chi connectivity index (χ1) is 9.46. The largest absolute Gasteiger partial charge is 0.496 e. The number of rotatable bonds is 7. The Balaban J connectivity index is 0.00000400. The van der Waals surface area contributed by atoms with Crippen LogP contribution in [0.3, 0.4) is 0 Å². The van der Waals surface area contributed by atoms with Gasteiger partial charge in [0.15, 0.2) is 0 Å². The number of likely N-dealkylation sites (N-methyl/N-ethyl adjacent to an activating group) is 1. The minimum atomic E-state index is -3.68. The van der Waals surface area contributed by atoms with E-state index < -0.39 is 16.0 Å². The number of ether oxygens (including phenoxy) is 2. The molecule has 0 atom stereocenters. The Labute approximate surface area is 130 Å². The predicted molar refractivity (Wildman–Crippen MR) is 80.7 cm³/mol. The van der Waals surface area contributed by atoms with E-state index >= 15 is 0 Å². The molecule has 0 spiro atoms. The number of benzene rings is 1. The third-order valence-electron chi connectivity index (χ3n) is 2.55. The van der Waals surface area contributed by atoms with E-state index in [4.69, 9.17) is 4.74 Å². The monoisotopic (exact) mass is 338 g/mol. The van der Waals surface area contributed by atoms with Crippen molar-refractivity contribution in [3.8, 4) is 5.75 Å². The van der Waals surface area contributed by atoms with Crippen molar-refractivity contribution in [1.29, 1.82) is 0 Å². The van der Waals surface area contributed by atoms with E-state index in [9.17, 15) is 13.2 Å². The lowest BCUT2D eigenvalue weighted by molar-refractivity contribution is 0.0597. The van der Waals surface area contributed by atoms with Gasteiger partial charge in [0.2, 0.25) is 10.0 Å². The Morgan fingerprint density at radius 2 is 1.90 bits per heavy atom. The van der Waals surface area contributed by atoms with Gasteiger partial charge in [-0.25, -0.2) is 17.9 Å². The van der Waals surface area contributed by atoms with Gasteiger partial charge in [-0.05, 0) is 25.2 Å². The molecule has 0 fully saturated rings. The average Bonchev–Trinajstić information content (AvgIpc) is 2.45. The summed E-state index contributed by atoms with van der Waals surface area (Å²) < 4.78 is 36.1. The second-order valence-electron chi connectivity index (χ2n) is 3.85. The lowest BCUT2D eigenvalue weighted by Crippen LogP contribution is -2.30. The topological polar surface area (TPSA) is 93.7 Å². The zero-order valence-electron chi connectivity index (χ0n) is 12.0. The summed E-state index contributed by atoms with van der Waals surface area (Å²) >= 11 is 0. The van der Waals surface area contributed by atoms with Gasteiger partial charge >= 0.3 is 5.97 Å². The lowest BCUT2D eigenvalue weighted by Gasteiger charge is -2.10. The zero-order chi connectivity index (χ0) is 15.2. The molecule has 0 radical (unpaired) electrons. The standard InChI is InChI=1S/C12H18N2O5S.ClH/c1-13-6-7-14-20(16,17)9-4-5-11(18-2)10(8-9)12(15)19-3;/h4-5,8,13-14H,6-7H2,1-3H3;1H. The fraction of sp³-hybridized carbons (Fsp3) is 0.417. The maximum atomic E-state index is 12.0. The van der Waals surface area contributed by atoms with Crippen LogP contribution >= 0.6 is 12.4 Å². The van der Waals surface area contributed by atoms with E-state index in [0.717, 1.165) is 0 Å². The third kappa shape index (κ3) is 5.16. The Bertz CT molecular complexity index is 577. The summed E-state index contributed by atoms with van der Waals surface area (Å²) in [7, 11) is 0.651. The molecule has 0 aromatic heterocycles. The quantitative estimate of drug-likeness (QED) is 0.552. The number of hydrogen-bond donors (Lipinski definition) is 2. The summed E-state index contributed by atoms with van der Waals surface area (Å²) in [6, 6.07) is 4.01. The highest BCUT2D eigenvalue weighted by atomic mass is 35.5. The van der Waals surface area contributed by atoms with Crippen LogP contribution in [0.25, 0.3) is 0 Å². The fourth-order valence-corrected chi connectivity index (χ4v) is 2.58. The number of esters is 1. The highest BCUT2D eigenvalue weighted by Gasteiger charge is 2.19. The number of methoxy groups -OCH3 is 2. The van der Waals surface area contributed by atoms with E-state index in [1.807, 2.05) is 0 Å². The zero-order valence-corrected chi connectivity index (χ0v) is 13.6. The number of nitrogens with one attached hydrogen (secondary N) is 2. The summed E-state index contributed by atoms with van der Waals surface area (Å²) in [4.78, 5) is 11.6. The molecule has 1 aromatic rings. The summed E-state index contributed by atoms with van der Waals surface area (Å²) in [5, 5.41) is 2.83. The third-order valence-corrected chi connectivity index (χ3v) is 4.01. The van der Waals surface area contributed by atoms with E-state index in [2.05, 4.69) is 14.8 Å². The van der Waals surface area contributed by atoms with Crippen molar-refractivity contribution in [3.05, 3.63) is 23.8 Å². The molecule has 0 aliphatic rings. The molecule has 1 rings (SSSR count). The lowest BCUT2D eigenvalue weighted by atomic mass is 10.2. The highest BCUT2D eigenvalue weighted by molar-refractivity contribution is 7.89. The molecule has 0 bridgehead atoms. The molecular formula is C12H19ClN2O5S. The van der Waals surface area contributed by atoms with Crippen LogP contribution in [0.2, 0.25) is 0 Å². The van der Waals surface area contributed by atoms with Gasteiger partial charge in [-0.15, -0.1) is 12.4 Å². The first-order valence-corrected chi connectivity index (χ1v) is 7.35. The Morgan fingerprint density at radius 1 is 1.24 bits per heavy atom. The van der Waals surface area contributed by atoms with Gasteiger partial charge in [-0.3, -0.25) is 0 Å². The maximum absolute atomic E-state index is 12.0. The van der Waals surface area contributed by atoms with Crippen molar-refractivity contribution in [1.82, 2.24) is 10.0 Å². The van der Waals surface area contributed by atoms with Crippen LogP contribution in [0.15, 0.2) is 23.1 Å². The van der Waals surface area contributed by atoms with Gasteiger partial charge in [0.25, 0.3) is 0 Å². The van der Waals surface area contributed by atoms with E-state index in [1.54, 1.807) is 7.05 Å². The van der Waals surface area contributed by atoms with Gasteiger partial charge in [0, 0.05) is 13.1 Å². The van der Waals surface area contributed by atoms with E-state index in [1.165, 1.54) is 32.4 Å². The fourth-order valence-electron chi connectivity index (χ4n) is 1.52. The first kappa shape index (κ1) is 19.7. The van der Waals surface area contributed by atoms with Crippen molar-refractivity contribution in [3.63, 3.8) is 0 Å². The van der Waals surface area contributed by atoms with Crippen LogP contribution in [0.1, 0.15) is 10.4 Å². The summed E-state index contributed by atoms with van der Waals surface area (Å²) in [5.74, 6) is -0.403. The minimum Gasteiger partial charge on any atom is -0.496 e. The van der Waals surface area contributed by atoms with Gasteiger partial charge in [-0.2, -0.15) is 0 Å². The van der Waals surface area contributed by atoms with Crippen LogP contribution in [-0.4, -0.2) is 48.7 Å². The summed E-state index contributed by atoms with van der Waals surface area (Å²) in [6.07, 6.45) is 0. The number of hydrogen-bond acceptors (Lipinski definition) is 6. The molecule has 0 aliphatic heterocycles. The Hall–Kier alpha value is -1.35. The molecule has 7 nitrogen and oxygen atoms in total. The smallest absolute Gasteiger partial charge is 0.341 e. The summed E-state index contributed by atoms with van der Waals surface area (Å²) in [5.41, 5.74) is 0.0616. The second-order valence-corrected chi connectivity index (χ2v) is 5.62. The molecule has 0 aliphatic carbocycles. The maximum Gasteiger partial charge on any atom is 0.341 e. The second kappa shape index (κ2) is 8.83. The molecule has 0 heterocycles. The number of halogens is 1. The average molecular weight is 339 g/mol. The molecule has 0 saturated heterocycles. The highest BCUT2D eigenvalue weighted by Crippen LogP contribution is 2.23. The van der Waals surface area contributed by atoms with Crippen molar-refractivity contribution in [2.75, 3.05) is 34.4 Å². The van der Waals surface area contributed by atoms with Crippen molar-refractivity contribution in [2.24, 2.45) is 0 Å². The molecule has 21 heavy (non-hydrogen) atoms. The summed E-state index contributed by atoms with van der Waals surface area (Å²) in [6.45, 7) is 0.748. The van der Waals surface area contributed by atoms with Gasteiger partial charge in [-0.1, -0.05) is 0 Å². The molecule has 2 N–H and O–H groups in total. The normalized spacial score (nSPS) is 10.6. The van der Waals surface area contributed by atoms with Crippen molar-refractivity contribution in [2.45, 2.75) is 4.90 Å². The van der Waals surface area contributed by atoms with Crippen molar-refractivity contribution >= 4 is 28.4 Å². The van der Waals surface area contributed by atoms with Crippen LogP contribution in [0.4, 0.5) is 0 Å². The minimum absolute atomic E-state index is 0. The number of sulfonamides is 1. The Kier molecular flexibility index (Phi) is 8.26. The molecule has 9 heteroatoms. The molecule has 0 unspecified atom stereocenters. The number of carbonyl (C=O) groups excluding carboxylic acids is 1.